The van der Waals surface area contributed by atoms with Crippen LogP contribution >= 0.6 is 0 Å². The molecule has 0 aliphatic carbocycles. The van der Waals surface area contributed by atoms with Crippen LogP contribution in [0.25, 0.3) is 0 Å². The van der Waals surface area contributed by atoms with Crippen LogP contribution in [0.15, 0.2) is 36.5 Å². The van der Waals surface area contributed by atoms with Crippen LogP contribution in [0.3, 0.4) is 0 Å². The molecule has 3 fully saturated rings. The first-order valence-electron chi connectivity index (χ1n) is 44.2. The third kappa shape index (κ3) is 46.3. The number of unbranched alkanes of at least 4 members (excludes halogenated alkanes) is 52. The van der Waals surface area contributed by atoms with Crippen molar-refractivity contribution in [1.29, 1.82) is 0 Å². The highest BCUT2D eigenvalue weighted by atomic mass is 16.8. The van der Waals surface area contributed by atoms with E-state index in [4.69, 9.17) is 28.4 Å². The first kappa shape index (κ1) is 98.2. The SMILES string of the molecule is CCCCCCC/C=C\C/C=C\CCCCCCCCCCCCCCCCCCCCCCCCCCCC(=O)NC(COC1OC(CO)C(OC2OC(CO)C(OC3OC(CO)C(O)C(O)C3O)C(O)C2O)C(O)C1O)C(O)/C=C/CCCCCCCCCCCCCCCCCCCCCCCC. The molecule has 0 aromatic rings. The Kier molecular flexibility index (Phi) is 62.5. The molecule has 624 valence electrons. The molecule has 17 unspecified atom stereocenters. The van der Waals surface area contributed by atoms with E-state index in [1.54, 1.807) is 6.08 Å². The van der Waals surface area contributed by atoms with Gasteiger partial charge < -0.3 is 89.9 Å². The molecule has 0 saturated carbocycles. The molecule has 0 aromatic heterocycles. The van der Waals surface area contributed by atoms with Crippen LogP contribution < -0.4 is 5.32 Å². The average molecular weight is 1510 g/mol. The Morgan fingerprint density at radius 2 is 0.623 bits per heavy atom. The van der Waals surface area contributed by atoms with Gasteiger partial charge in [0.2, 0.25) is 5.91 Å². The van der Waals surface area contributed by atoms with Gasteiger partial charge in [-0.15, -0.1) is 0 Å². The average Bonchev–Trinajstić information content (AvgIpc) is 0.780. The van der Waals surface area contributed by atoms with Crippen molar-refractivity contribution in [3.05, 3.63) is 36.5 Å². The highest BCUT2D eigenvalue weighted by Crippen LogP contribution is 2.34. The predicted octanol–water partition coefficient (Wildman–Crippen LogP) is 16.2. The number of hydrogen-bond acceptors (Lipinski definition) is 18. The van der Waals surface area contributed by atoms with Gasteiger partial charge in [-0.2, -0.15) is 0 Å². The van der Waals surface area contributed by atoms with Crippen molar-refractivity contribution in [3.8, 4) is 0 Å². The van der Waals surface area contributed by atoms with Crippen molar-refractivity contribution in [2.24, 2.45) is 0 Å². The smallest absolute Gasteiger partial charge is 0.220 e. The number of aliphatic hydroxyl groups excluding tert-OH is 11. The molecule has 1 amide bonds. The molecule has 0 bridgehead atoms. The second-order valence-electron chi connectivity index (χ2n) is 31.7. The minimum Gasteiger partial charge on any atom is -0.394 e. The Morgan fingerprint density at radius 3 is 0.962 bits per heavy atom. The number of carbonyl (C=O) groups is 1. The van der Waals surface area contributed by atoms with Gasteiger partial charge in [0.25, 0.3) is 0 Å². The van der Waals surface area contributed by atoms with Crippen LogP contribution in [0.2, 0.25) is 0 Å². The summed E-state index contributed by atoms with van der Waals surface area (Å²) in [7, 11) is 0. The summed E-state index contributed by atoms with van der Waals surface area (Å²) in [5.74, 6) is -0.267. The fraction of sp³-hybridized carbons (Fsp3) is 0.920. The second-order valence-corrected chi connectivity index (χ2v) is 31.7. The Hall–Kier alpha value is -1.99. The molecule has 0 spiro atoms. The van der Waals surface area contributed by atoms with Crippen molar-refractivity contribution in [2.75, 3.05) is 26.4 Å². The number of nitrogens with one attached hydrogen (secondary N) is 1. The molecule has 3 rings (SSSR count). The zero-order valence-corrected chi connectivity index (χ0v) is 67.2. The molecule has 17 atom stereocenters. The molecule has 12 N–H and O–H groups in total. The van der Waals surface area contributed by atoms with Crippen LogP contribution in [0, 0.1) is 0 Å². The number of ether oxygens (including phenoxy) is 6. The molecule has 3 heterocycles. The maximum atomic E-state index is 13.5. The van der Waals surface area contributed by atoms with E-state index in [2.05, 4.69) is 43.5 Å². The van der Waals surface area contributed by atoms with Crippen LogP contribution in [-0.4, -0.2) is 193 Å². The van der Waals surface area contributed by atoms with E-state index in [-0.39, 0.29) is 18.9 Å². The van der Waals surface area contributed by atoms with Crippen molar-refractivity contribution in [2.45, 2.75) is 484 Å². The lowest BCUT2D eigenvalue weighted by Crippen LogP contribution is -2.66. The Bertz CT molecular complexity index is 2050. The van der Waals surface area contributed by atoms with Gasteiger partial charge in [-0.1, -0.05) is 359 Å². The monoisotopic (exact) mass is 1510 g/mol. The van der Waals surface area contributed by atoms with E-state index >= 15 is 0 Å². The number of rotatable bonds is 72. The van der Waals surface area contributed by atoms with E-state index in [1.165, 1.54) is 302 Å². The third-order valence-corrected chi connectivity index (χ3v) is 22.2. The summed E-state index contributed by atoms with van der Waals surface area (Å²) in [6.45, 7) is 1.79. The van der Waals surface area contributed by atoms with Gasteiger partial charge in [0.1, 0.15) is 73.2 Å². The lowest BCUT2D eigenvalue weighted by Gasteiger charge is -2.48. The second kappa shape index (κ2) is 67.5. The third-order valence-electron chi connectivity index (χ3n) is 22.2. The summed E-state index contributed by atoms with van der Waals surface area (Å²) in [6, 6.07) is -0.973. The Labute approximate surface area is 644 Å². The van der Waals surface area contributed by atoms with Gasteiger partial charge >= 0.3 is 0 Å². The number of hydrogen-bond donors (Lipinski definition) is 12. The summed E-state index contributed by atoms with van der Waals surface area (Å²) < 4.78 is 34.5. The molecule has 19 nitrogen and oxygen atoms in total. The largest absolute Gasteiger partial charge is 0.394 e. The number of aliphatic hydroxyl groups is 11. The molecule has 106 heavy (non-hydrogen) atoms. The van der Waals surface area contributed by atoms with Crippen LogP contribution in [-0.2, 0) is 33.2 Å². The lowest BCUT2D eigenvalue weighted by molar-refractivity contribution is -0.379. The predicted molar refractivity (Wildman–Crippen MR) is 425 cm³/mol. The van der Waals surface area contributed by atoms with Crippen molar-refractivity contribution >= 4 is 5.91 Å². The standard InChI is InChI=1S/C87H163NO18/c1-3-5-7-9-11-13-15-17-19-21-23-25-27-29-30-31-32-33-34-35-36-37-38-39-40-41-43-45-47-49-51-53-55-57-59-61-63-65-75(93)88-70(71(92)64-62-60-58-56-54-52-50-48-46-44-42-28-26-24-22-20-18-16-14-12-10-8-6-4-2)69-101-85-81(99)78(96)83(73(67-90)103-85)106-87-82(100)79(97)84(74(68-91)104-87)105-86-80(98)77(95)76(94)72(66-89)102-86/h15,17,21,23,62,64,70-74,76-87,89-92,94-100H,3-14,16,18-20,22,24-61,63,65-69H2,1-2H3,(H,88,93)/b17-15-,23-21-,64-62+. The fourth-order valence-corrected chi connectivity index (χ4v) is 15.1. The number of amides is 1. The first-order valence-corrected chi connectivity index (χ1v) is 44.2. The topological polar surface area (TPSA) is 307 Å². The molecule has 3 aliphatic heterocycles. The van der Waals surface area contributed by atoms with Gasteiger partial charge in [-0.3, -0.25) is 4.79 Å². The zero-order chi connectivity index (χ0) is 76.7. The molecule has 19 heteroatoms. The van der Waals surface area contributed by atoms with Crippen molar-refractivity contribution in [1.82, 2.24) is 5.32 Å². The van der Waals surface area contributed by atoms with Crippen LogP contribution in [0.4, 0.5) is 0 Å². The van der Waals surface area contributed by atoms with Gasteiger partial charge in [-0.25, -0.2) is 0 Å². The normalized spacial score (nSPS) is 25.8. The van der Waals surface area contributed by atoms with E-state index in [1.807, 2.05) is 6.08 Å². The lowest BCUT2D eigenvalue weighted by atomic mass is 9.96. The summed E-state index contributed by atoms with van der Waals surface area (Å²) in [4.78, 5) is 13.5. The minimum atomic E-state index is -1.98. The first-order chi connectivity index (χ1) is 51.8. The summed E-state index contributed by atoms with van der Waals surface area (Å²) >= 11 is 0. The summed E-state index contributed by atoms with van der Waals surface area (Å²) in [5, 5.41) is 121. The molecule has 3 saturated heterocycles. The quantitative estimate of drug-likeness (QED) is 0.0199. The Morgan fingerprint density at radius 1 is 0.340 bits per heavy atom. The minimum absolute atomic E-state index is 0.248. The molecular formula is C87H163NO18. The zero-order valence-electron chi connectivity index (χ0n) is 67.2. The van der Waals surface area contributed by atoms with Crippen molar-refractivity contribution in [3.63, 3.8) is 0 Å². The van der Waals surface area contributed by atoms with E-state index in [0.717, 1.165) is 51.4 Å². The number of allylic oxidation sites excluding steroid dienone is 5. The van der Waals surface area contributed by atoms with E-state index in [0.29, 0.717) is 6.42 Å². The van der Waals surface area contributed by atoms with Crippen LogP contribution in [0.5, 0.6) is 0 Å². The van der Waals surface area contributed by atoms with Gasteiger partial charge in [-0.05, 0) is 51.4 Å². The van der Waals surface area contributed by atoms with Gasteiger partial charge in [0.15, 0.2) is 18.9 Å². The number of carbonyl (C=O) groups excluding carboxylic acids is 1. The molecule has 0 radical (unpaired) electrons. The highest BCUT2D eigenvalue weighted by molar-refractivity contribution is 5.76. The summed E-state index contributed by atoms with van der Waals surface area (Å²) in [6.07, 6.45) is 58.7. The highest BCUT2D eigenvalue weighted by Gasteiger charge is 2.54. The molecule has 3 aliphatic rings. The van der Waals surface area contributed by atoms with E-state index < -0.39 is 124 Å². The molecular weight excluding hydrogens is 1350 g/mol. The fourth-order valence-electron chi connectivity index (χ4n) is 15.1. The molecule has 0 aromatic carbocycles. The maximum Gasteiger partial charge on any atom is 0.220 e. The van der Waals surface area contributed by atoms with Crippen molar-refractivity contribution < 1.29 is 89.4 Å². The maximum absolute atomic E-state index is 13.5. The van der Waals surface area contributed by atoms with Gasteiger partial charge in [0.05, 0.1) is 38.6 Å². The van der Waals surface area contributed by atoms with E-state index in [9.17, 15) is 61.0 Å². The van der Waals surface area contributed by atoms with Crippen LogP contribution in [0.1, 0.15) is 380 Å². The Balaban J connectivity index is 1.32. The van der Waals surface area contributed by atoms with Gasteiger partial charge in [0, 0.05) is 6.42 Å². The summed E-state index contributed by atoms with van der Waals surface area (Å²) in [5.41, 5.74) is 0.